The number of benzene rings is 2. The van der Waals surface area contributed by atoms with Gasteiger partial charge < -0.3 is 20.3 Å². The first-order valence-electron chi connectivity index (χ1n) is 10.4. The number of carbonyl (C=O) groups is 1. The lowest BCUT2D eigenvalue weighted by Crippen LogP contribution is -2.43. The molecule has 2 aromatic carbocycles. The predicted molar refractivity (Wildman–Crippen MR) is 122 cm³/mol. The number of ether oxygens (including phenoxy) is 1. The summed E-state index contributed by atoms with van der Waals surface area (Å²) in [4.78, 5) is 40.5. The van der Waals surface area contributed by atoms with Gasteiger partial charge in [-0.15, -0.1) is 0 Å². The summed E-state index contributed by atoms with van der Waals surface area (Å²) in [7, 11) is 0. The third-order valence-electron chi connectivity index (χ3n) is 4.74. The molecule has 3 aromatic rings. The molecular formula is C23H26N4O6. The summed E-state index contributed by atoms with van der Waals surface area (Å²) in [5, 5.41) is 22.1. The molecule has 174 valence electrons. The van der Waals surface area contributed by atoms with E-state index in [4.69, 9.17) is 9.84 Å². The van der Waals surface area contributed by atoms with E-state index in [9.17, 15) is 19.5 Å². The average molecular weight is 454 g/mol. The zero-order valence-corrected chi connectivity index (χ0v) is 18.6. The molecule has 1 aromatic heterocycles. The number of carboxylic acid groups (broad SMARTS) is 1. The Kier molecular flexibility index (Phi) is 7.17. The van der Waals surface area contributed by atoms with Crippen LogP contribution in [0.1, 0.15) is 31.4 Å². The van der Waals surface area contributed by atoms with E-state index in [2.05, 4.69) is 10.3 Å². The summed E-state index contributed by atoms with van der Waals surface area (Å²) < 4.78 is 7.56. The van der Waals surface area contributed by atoms with Crippen molar-refractivity contribution in [3.63, 3.8) is 0 Å². The van der Waals surface area contributed by atoms with Gasteiger partial charge in [-0.1, -0.05) is 29.8 Å². The molecule has 0 aliphatic rings. The average Bonchev–Trinajstić information content (AvgIpc) is 2.73. The Hall–Kier alpha value is -4.08. The number of aryl methyl sites for hydroxylation is 1. The second-order valence-corrected chi connectivity index (χ2v) is 7.84. The van der Waals surface area contributed by atoms with E-state index >= 15 is 0 Å². The van der Waals surface area contributed by atoms with Crippen LogP contribution in [-0.4, -0.2) is 36.4 Å². The van der Waals surface area contributed by atoms with Crippen LogP contribution in [0.4, 0.5) is 11.6 Å². The van der Waals surface area contributed by atoms with E-state index in [1.165, 1.54) is 10.6 Å². The van der Waals surface area contributed by atoms with Crippen LogP contribution >= 0.6 is 0 Å². The first-order chi connectivity index (χ1) is 15.6. The maximum atomic E-state index is 13.1. The van der Waals surface area contributed by atoms with Crippen molar-refractivity contribution in [2.75, 3.05) is 5.32 Å². The number of nitrogens with one attached hydrogen (secondary N) is 1. The number of aliphatic carboxylic acids is 1. The number of hydrogen-bond acceptors (Lipinski definition) is 7. The standard InChI is InChI=1S/C23H26N4O6/c1-14(2)33-19-9-8-17(12-18(19)28)24-21-25-22(31)26(11-10-20(29)30)23(32)27(21)13-16-6-4-15(3)5-7-16/h4-9,12,14,28H,10-11,13H2,1-3H3,(H,29,30)(H,24,25,31). The third kappa shape index (κ3) is 6.00. The maximum Gasteiger partial charge on any atom is 0.354 e. The van der Waals surface area contributed by atoms with Crippen molar-refractivity contribution in [1.82, 2.24) is 14.1 Å². The number of phenolic OH excluding ortho intramolecular Hbond substituents is 1. The van der Waals surface area contributed by atoms with E-state index in [1.54, 1.807) is 12.1 Å². The predicted octanol–water partition coefficient (Wildman–Crippen LogP) is 2.47. The van der Waals surface area contributed by atoms with Crippen LogP contribution in [0.25, 0.3) is 0 Å². The van der Waals surface area contributed by atoms with E-state index in [-0.39, 0.29) is 37.3 Å². The van der Waals surface area contributed by atoms with Crippen LogP contribution in [-0.2, 0) is 17.9 Å². The highest BCUT2D eigenvalue weighted by Gasteiger charge is 2.16. The first kappa shape index (κ1) is 23.6. The Balaban J connectivity index is 2.02. The van der Waals surface area contributed by atoms with Crippen LogP contribution < -0.4 is 21.4 Å². The van der Waals surface area contributed by atoms with Crippen LogP contribution in [0.15, 0.2) is 52.1 Å². The van der Waals surface area contributed by atoms with Gasteiger partial charge in [-0.3, -0.25) is 9.36 Å². The molecule has 0 amide bonds. The van der Waals surface area contributed by atoms with Gasteiger partial charge >= 0.3 is 17.3 Å². The normalized spacial score (nSPS) is 10.9. The Morgan fingerprint density at radius 1 is 1.12 bits per heavy atom. The number of aromatic nitrogens is 3. The van der Waals surface area contributed by atoms with Gasteiger partial charge in [-0.05, 0) is 38.5 Å². The molecule has 10 nitrogen and oxygen atoms in total. The Bertz CT molecular complexity index is 1260. The van der Waals surface area contributed by atoms with Crippen molar-refractivity contribution in [3.05, 3.63) is 74.6 Å². The molecule has 33 heavy (non-hydrogen) atoms. The Morgan fingerprint density at radius 3 is 2.42 bits per heavy atom. The topological polar surface area (TPSA) is 136 Å². The second kappa shape index (κ2) is 10.0. The zero-order chi connectivity index (χ0) is 24.1. The largest absolute Gasteiger partial charge is 0.504 e. The lowest BCUT2D eigenvalue weighted by atomic mass is 10.1. The highest BCUT2D eigenvalue weighted by molar-refractivity contribution is 5.66. The lowest BCUT2D eigenvalue weighted by Gasteiger charge is -2.16. The molecule has 0 bridgehead atoms. The van der Waals surface area contributed by atoms with Gasteiger partial charge in [0.05, 0.1) is 19.1 Å². The number of rotatable bonds is 9. The summed E-state index contributed by atoms with van der Waals surface area (Å²) in [6.07, 6.45) is -0.520. The fourth-order valence-electron chi connectivity index (χ4n) is 3.12. The van der Waals surface area contributed by atoms with Crippen molar-refractivity contribution in [1.29, 1.82) is 0 Å². The molecule has 0 atom stereocenters. The molecule has 0 unspecified atom stereocenters. The monoisotopic (exact) mass is 454 g/mol. The van der Waals surface area contributed by atoms with Crippen molar-refractivity contribution < 1.29 is 19.7 Å². The van der Waals surface area contributed by atoms with Crippen molar-refractivity contribution in [2.24, 2.45) is 0 Å². The molecule has 0 saturated heterocycles. The molecule has 0 saturated carbocycles. The molecule has 0 spiro atoms. The van der Waals surface area contributed by atoms with E-state index in [1.807, 2.05) is 45.0 Å². The minimum atomic E-state index is -1.13. The summed E-state index contributed by atoms with van der Waals surface area (Å²) in [6, 6.07) is 12.1. The van der Waals surface area contributed by atoms with Crippen LogP contribution in [0, 0.1) is 6.92 Å². The van der Waals surface area contributed by atoms with Crippen molar-refractivity contribution >= 4 is 17.6 Å². The Labute approximate surface area is 189 Å². The minimum absolute atomic E-state index is 0.0333. The van der Waals surface area contributed by atoms with Gasteiger partial charge in [0, 0.05) is 18.3 Å². The fourth-order valence-corrected chi connectivity index (χ4v) is 3.12. The van der Waals surface area contributed by atoms with E-state index < -0.39 is 17.3 Å². The quantitative estimate of drug-likeness (QED) is 0.449. The minimum Gasteiger partial charge on any atom is -0.504 e. The number of aromatic hydroxyl groups is 1. The summed E-state index contributed by atoms with van der Waals surface area (Å²) in [5.74, 6) is -0.984. The molecule has 1 heterocycles. The number of nitrogens with zero attached hydrogens (tertiary/aromatic N) is 3. The smallest absolute Gasteiger partial charge is 0.354 e. The van der Waals surface area contributed by atoms with Crippen molar-refractivity contribution in [3.8, 4) is 11.5 Å². The molecule has 3 N–H and O–H groups in total. The zero-order valence-electron chi connectivity index (χ0n) is 18.6. The van der Waals surface area contributed by atoms with Crippen LogP contribution in [0.3, 0.4) is 0 Å². The second-order valence-electron chi connectivity index (χ2n) is 7.84. The summed E-state index contributed by atoms with van der Waals surface area (Å²) in [6.45, 7) is 5.41. The van der Waals surface area contributed by atoms with Gasteiger partial charge in [0.15, 0.2) is 11.5 Å². The third-order valence-corrected chi connectivity index (χ3v) is 4.74. The van der Waals surface area contributed by atoms with E-state index in [0.29, 0.717) is 11.4 Å². The SMILES string of the molecule is Cc1ccc(Cn2c(Nc3ccc(OC(C)C)c(O)c3)nc(=O)n(CCC(=O)O)c2=O)cc1. The molecular weight excluding hydrogens is 428 g/mol. The summed E-state index contributed by atoms with van der Waals surface area (Å²) >= 11 is 0. The molecule has 10 heteroatoms. The maximum absolute atomic E-state index is 13.1. The van der Waals surface area contributed by atoms with Gasteiger partial charge in [0.2, 0.25) is 5.95 Å². The number of hydrogen-bond donors (Lipinski definition) is 3. The fraction of sp³-hybridized carbons (Fsp3) is 0.304. The highest BCUT2D eigenvalue weighted by Crippen LogP contribution is 2.30. The van der Waals surface area contributed by atoms with Crippen LogP contribution in [0.2, 0.25) is 0 Å². The number of phenols is 1. The molecule has 3 rings (SSSR count). The van der Waals surface area contributed by atoms with Crippen molar-refractivity contribution in [2.45, 2.75) is 46.4 Å². The first-order valence-corrected chi connectivity index (χ1v) is 10.4. The van der Waals surface area contributed by atoms with Gasteiger partial charge in [-0.25, -0.2) is 14.2 Å². The number of anilines is 2. The molecule has 0 aliphatic heterocycles. The molecule has 0 fully saturated rings. The molecule has 0 radical (unpaired) electrons. The van der Waals surface area contributed by atoms with Crippen LogP contribution in [0.5, 0.6) is 11.5 Å². The summed E-state index contributed by atoms with van der Waals surface area (Å²) in [5.41, 5.74) is 0.666. The number of carboxylic acids is 1. The molecule has 0 aliphatic carbocycles. The van der Waals surface area contributed by atoms with E-state index in [0.717, 1.165) is 15.7 Å². The Morgan fingerprint density at radius 2 is 1.82 bits per heavy atom. The highest BCUT2D eigenvalue weighted by atomic mass is 16.5. The van der Waals surface area contributed by atoms with Gasteiger partial charge in [-0.2, -0.15) is 4.98 Å². The van der Waals surface area contributed by atoms with Gasteiger partial charge in [0.1, 0.15) is 0 Å². The van der Waals surface area contributed by atoms with Gasteiger partial charge in [0.25, 0.3) is 0 Å². The lowest BCUT2D eigenvalue weighted by molar-refractivity contribution is -0.137.